The summed E-state index contributed by atoms with van der Waals surface area (Å²) < 4.78 is 0. The van der Waals surface area contributed by atoms with Crippen LogP contribution in [0.25, 0.3) is 0 Å². The van der Waals surface area contributed by atoms with Crippen LogP contribution in [0.3, 0.4) is 0 Å². The molecule has 1 aliphatic heterocycles. The molecule has 4 nitrogen and oxygen atoms in total. The van der Waals surface area contributed by atoms with Gasteiger partial charge in [-0.1, -0.05) is 31.4 Å². The van der Waals surface area contributed by atoms with Crippen molar-refractivity contribution in [3.8, 4) is 0 Å². The molecule has 2 amide bonds. The fourth-order valence-electron chi connectivity index (χ4n) is 3.46. The molecule has 3 rings (SSSR count). The molecule has 1 saturated carbocycles. The zero-order chi connectivity index (χ0) is 14.2. The maximum absolute atomic E-state index is 12.7. The van der Waals surface area contributed by atoms with Gasteiger partial charge in [0.1, 0.15) is 0 Å². The minimum absolute atomic E-state index is 0.00250. The minimum Gasteiger partial charge on any atom is -0.326 e. The molecular formula is C16H20N2O2. The van der Waals surface area contributed by atoms with Gasteiger partial charge in [0, 0.05) is 13.0 Å². The third-order valence-electron chi connectivity index (χ3n) is 4.64. The summed E-state index contributed by atoms with van der Waals surface area (Å²) in [5.74, 6) is -0.0555. The number of imide groups is 1. The van der Waals surface area contributed by atoms with E-state index in [0.717, 1.165) is 31.2 Å². The Morgan fingerprint density at radius 3 is 2.30 bits per heavy atom. The molecule has 1 aromatic carbocycles. The maximum atomic E-state index is 12.7. The highest BCUT2D eigenvalue weighted by Gasteiger charge is 2.51. The van der Waals surface area contributed by atoms with E-state index in [1.165, 1.54) is 11.3 Å². The molecular weight excluding hydrogens is 252 g/mol. The quantitative estimate of drug-likeness (QED) is 0.841. The van der Waals surface area contributed by atoms with Crippen LogP contribution in [0.15, 0.2) is 24.3 Å². The van der Waals surface area contributed by atoms with Crippen molar-refractivity contribution < 1.29 is 9.59 Å². The summed E-state index contributed by atoms with van der Waals surface area (Å²) in [5.41, 5.74) is 6.84. The van der Waals surface area contributed by atoms with E-state index in [1.807, 2.05) is 24.3 Å². The second kappa shape index (κ2) is 5.02. The van der Waals surface area contributed by atoms with Crippen molar-refractivity contribution >= 4 is 17.5 Å². The second-order valence-electron chi connectivity index (χ2n) is 5.92. The first-order chi connectivity index (χ1) is 9.66. The molecule has 0 bridgehead atoms. The van der Waals surface area contributed by atoms with Crippen LogP contribution in [0, 0.1) is 5.41 Å². The molecule has 0 aromatic heterocycles. The number of nitrogens with zero attached hydrogens (tertiary/aromatic N) is 1. The monoisotopic (exact) mass is 272 g/mol. The molecule has 0 radical (unpaired) electrons. The first-order valence-electron chi connectivity index (χ1n) is 7.33. The van der Waals surface area contributed by atoms with E-state index in [2.05, 4.69) is 0 Å². The maximum Gasteiger partial charge on any atom is 0.240 e. The van der Waals surface area contributed by atoms with Gasteiger partial charge in [0.25, 0.3) is 0 Å². The van der Waals surface area contributed by atoms with Crippen LogP contribution in [0.4, 0.5) is 5.69 Å². The summed E-state index contributed by atoms with van der Waals surface area (Å²) in [6.45, 7) is 0.464. The van der Waals surface area contributed by atoms with Gasteiger partial charge in [0.15, 0.2) is 0 Å². The number of nitrogens with two attached hydrogens (primary N) is 1. The predicted molar refractivity (Wildman–Crippen MR) is 77.0 cm³/mol. The van der Waals surface area contributed by atoms with Crippen LogP contribution < -0.4 is 10.6 Å². The van der Waals surface area contributed by atoms with Crippen LogP contribution in [-0.4, -0.2) is 11.8 Å². The molecule has 0 atom stereocenters. The first-order valence-corrected chi connectivity index (χ1v) is 7.33. The third-order valence-corrected chi connectivity index (χ3v) is 4.64. The lowest BCUT2D eigenvalue weighted by atomic mass is 9.73. The lowest BCUT2D eigenvalue weighted by Crippen LogP contribution is -2.36. The molecule has 106 valence electrons. The van der Waals surface area contributed by atoms with Gasteiger partial charge in [-0.05, 0) is 30.5 Å². The van der Waals surface area contributed by atoms with Crippen molar-refractivity contribution in [3.63, 3.8) is 0 Å². The Hall–Kier alpha value is -1.68. The second-order valence-corrected chi connectivity index (χ2v) is 5.92. The molecule has 20 heavy (non-hydrogen) atoms. The average molecular weight is 272 g/mol. The summed E-state index contributed by atoms with van der Waals surface area (Å²) in [7, 11) is 0. The van der Waals surface area contributed by atoms with Gasteiger partial charge in [-0.15, -0.1) is 0 Å². The van der Waals surface area contributed by atoms with E-state index >= 15 is 0 Å². The normalized spacial score (nSPS) is 21.8. The van der Waals surface area contributed by atoms with Crippen molar-refractivity contribution in [2.24, 2.45) is 11.1 Å². The van der Waals surface area contributed by atoms with Crippen LogP contribution >= 0.6 is 0 Å². The number of benzene rings is 1. The largest absolute Gasteiger partial charge is 0.326 e. The van der Waals surface area contributed by atoms with Gasteiger partial charge in [-0.25, -0.2) is 0 Å². The number of amides is 2. The van der Waals surface area contributed by atoms with Gasteiger partial charge in [-0.2, -0.15) is 0 Å². The molecule has 1 aliphatic carbocycles. The van der Waals surface area contributed by atoms with E-state index in [1.54, 1.807) is 0 Å². The van der Waals surface area contributed by atoms with Crippen molar-refractivity contribution in [2.75, 3.05) is 4.90 Å². The Balaban J connectivity index is 1.89. The molecule has 2 fully saturated rings. The van der Waals surface area contributed by atoms with E-state index in [0.29, 0.717) is 18.7 Å². The highest BCUT2D eigenvalue weighted by molar-refractivity contribution is 6.22. The van der Waals surface area contributed by atoms with Crippen LogP contribution in [0.2, 0.25) is 0 Å². The van der Waals surface area contributed by atoms with E-state index in [-0.39, 0.29) is 11.8 Å². The summed E-state index contributed by atoms with van der Waals surface area (Å²) in [5, 5.41) is 0. The third kappa shape index (κ3) is 2.04. The number of anilines is 1. The Morgan fingerprint density at radius 2 is 1.70 bits per heavy atom. The van der Waals surface area contributed by atoms with Crippen molar-refractivity contribution in [3.05, 3.63) is 29.8 Å². The van der Waals surface area contributed by atoms with Crippen LogP contribution in [0.5, 0.6) is 0 Å². The standard InChI is InChI=1S/C16H20N2O2/c17-11-12-4-6-13(7-5-12)18-14(19)10-16(15(18)20)8-2-1-3-9-16/h4-7H,1-3,8-11,17H2. The fourth-order valence-corrected chi connectivity index (χ4v) is 3.46. The van der Waals surface area contributed by atoms with Gasteiger partial charge in [-0.3, -0.25) is 14.5 Å². The Morgan fingerprint density at radius 1 is 1.05 bits per heavy atom. The molecule has 1 saturated heterocycles. The molecule has 1 aromatic rings. The number of carbonyl (C=O) groups excluding carboxylic acids is 2. The molecule has 1 spiro atoms. The van der Waals surface area contributed by atoms with Crippen molar-refractivity contribution in [2.45, 2.75) is 45.1 Å². The Kier molecular flexibility index (Phi) is 3.34. The lowest BCUT2D eigenvalue weighted by molar-refractivity contribution is -0.127. The number of rotatable bonds is 2. The summed E-state index contributed by atoms with van der Waals surface area (Å²) in [6, 6.07) is 7.39. The molecule has 0 unspecified atom stereocenters. The summed E-state index contributed by atoms with van der Waals surface area (Å²) in [6.07, 6.45) is 5.38. The zero-order valence-electron chi connectivity index (χ0n) is 11.6. The van der Waals surface area contributed by atoms with Crippen LogP contribution in [-0.2, 0) is 16.1 Å². The van der Waals surface area contributed by atoms with Gasteiger partial charge in [0.2, 0.25) is 11.8 Å². The molecule has 2 aliphatic rings. The summed E-state index contributed by atoms with van der Waals surface area (Å²) >= 11 is 0. The fraction of sp³-hybridized carbons (Fsp3) is 0.500. The lowest BCUT2D eigenvalue weighted by Gasteiger charge is -2.30. The van der Waals surface area contributed by atoms with Crippen molar-refractivity contribution in [1.29, 1.82) is 0 Å². The first kappa shape index (κ1) is 13.3. The van der Waals surface area contributed by atoms with Crippen LogP contribution in [0.1, 0.15) is 44.1 Å². The average Bonchev–Trinajstić information content (AvgIpc) is 2.71. The molecule has 4 heteroatoms. The topological polar surface area (TPSA) is 63.4 Å². The van der Waals surface area contributed by atoms with E-state index in [4.69, 9.17) is 5.73 Å². The minimum atomic E-state index is -0.415. The van der Waals surface area contributed by atoms with E-state index in [9.17, 15) is 9.59 Å². The zero-order valence-corrected chi connectivity index (χ0v) is 11.6. The Bertz CT molecular complexity index is 530. The predicted octanol–water partition coefficient (Wildman–Crippen LogP) is 2.36. The highest BCUT2D eigenvalue weighted by atomic mass is 16.2. The summed E-state index contributed by atoms with van der Waals surface area (Å²) in [4.78, 5) is 26.4. The SMILES string of the molecule is NCc1ccc(N2C(=O)CC3(CCCCC3)C2=O)cc1. The van der Waals surface area contributed by atoms with Crippen molar-refractivity contribution in [1.82, 2.24) is 0 Å². The van der Waals surface area contributed by atoms with Gasteiger partial charge >= 0.3 is 0 Å². The number of hydrogen-bond donors (Lipinski definition) is 1. The molecule has 1 heterocycles. The van der Waals surface area contributed by atoms with E-state index < -0.39 is 5.41 Å². The Labute approximate surface area is 118 Å². The highest BCUT2D eigenvalue weighted by Crippen LogP contribution is 2.46. The number of hydrogen-bond acceptors (Lipinski definition) is 3. The van der Waals surface area contributed by atoms with Gasteiger partial charge < -0.3 is 5.73 Å². The molecule has 2 N–H and O–H groups in total. The number of carbonyl (C=O) groups is 2. The smallest absolute Gasteiger partial charge is 0.240 e. The van der Waals surface area contributed by atoms with Gasteiger partial charge in [0.05, 0.1) is 11.1 Å².